The molecule has 216 valence electrons. The Labute approximate surface area is 272 Å². The van der Waals surface area contributed by atoms with Gasteiger partial charge in [0.1, 0.15) is 10.0 Å². The minimum Gasteiger partial charge on any atom is -0.289 e. The van der Waals surface area contributed by atoms with Crippen molar-refractivity contribution in [1.29, 1.82) is 0 Å². The maximum atomic E-state index is 14.0. The van der Waals surface area contributed by atoms with E-state index in [4.69, 9.17) is 9.97 Å². The molecule has 6 aromatic carbocycles. The van der Waals surface area contributed by atoms with Crippen LogP contribution in [-0.4, -0.2) is 21.5 Å². The highest BCUT2D eigenvalue weighted by atomic mass is 32.1. The SMILES string of the molecule is O=C1c2ccc(-c3ccccc3-c3nc4ccccc4s3)cc2C(=O)c2ccc(-c3ccccc3-c3nc4ccccc4s3)cc21. The number of hydrogen-bond acceptors (Lipinski definition) is 6. The Morgan fingerprint density at radius 3 is 1.20 bits per heavy atom. The van der Waals surface area contributed by atoms with Crippen LogP contribution < -0.4 is 0 Å². The molecule has 0 fully saturated rings. The minimum atomic E-state index is -0.144. The van der Waals surface area contributed by atoms with Crippen LogP contribution in [-0.2, 0) is 0 Å². The van der Waals surface area contributed by atoms with E-state index in [-0.39, 0.29) is 11.6 Å². The number of aromatic nitrogens is 2. The lowest BCUT2D eigenvalue weighted by atomic mass is 9.81. The van der Waals surface area contributed by atoms with Crippen molar-refractivity contribution in [3.63, 3.8) is 0 Å². The van der Waals surface area contributed by atoms with Crippen molar-refractivity contribution in [2.24, 2.45) is 0 Å². The molecule has 4 nitrogen and oxygen atoms in total. The number of carbonyl (C=O) groups is 2. The lowest BCUT2D eigenvalue weighted by molar-refractivity contribution is 0.0979. The average molecular weight is 627 g/mol. The molecular weight excluding hydrogens is 605 g/mol. The Balaban J connectivity index is 1.11. The predicted octanol–water partition coefficient (Wildman–Crippen LogP) is 10.3. The number of hydrogen-bond donors (Lipinski definition) is 0. The van der Waals surface area contributed by atoms with Gasteiger partial charge in [0.25, 0.3) is 0 Å². The van der Waals surface area contributed by atoms with Gasteiger partial charge in [0, 0.05) is 33.4 Å². The molecule has 2 heterocycles. The summed E-state index contributed by atoms with van der Waals surface area (Å²) in [7, 11) is 0. The smallest absolute Gasteiger partial charge is 0.194 e. The lowest BCUT2D eigenvalue weighted by Crippen LogP contribution is -2.21. The largest absolute Gasteiger partial charge is 0.289 e. The summed E-state index contributed by atoms with van der Waals surface area (Å²) in [6.45, 7) is 0. The second-order valence-corrected chi connectivity index (χ2v) is 13.3. The fraction of sp³-hybridized carbons (Fsp3) is 0. The van der Waals surface area contributed by atoms with Crippen LogP contribution in [0.15, 0.2) is 133 Å². The average Bonchev–Trinajstić information content (AvgIpc) is 3.75. The number of fused-ring (bicyclic) bond motifs is 4. The van der Waals surface area contributed by atoms with Crippen molar-refractivity contribution < 1.29 is 9.59 Å². The van der Waals surface area contributed by atoms with Gasteiger partial charge in [-0.3, -0.25) is 9.59 Å². The number of thiazole rings is 2. The number of para-hydroxylation sites is 2. The monoisotopic (exact) mass is 626 g/mol. The summed E-state index contributed by atoms with van der Waals surface area (Å²) in [5, 5.41) is 1.84. The van der Waals surface area contributed by atoms with Crippen molar-refractivity contribution in [2.45, 2.75) is 0 Å². The van der Waals surface area contributed by atoms with Crippen LogP contribution >= 0.6 is 22.7 Å². The van der Waals surface area contributed by atoms with Crippen LogP contribution in [0, 0.1) is 0 Å². The molecule has 8 aromatic rings. The van der Waals surface area contributed by atoms with Crippen LogP contribution in [0.1, 0.15) is 31.8 Å². The first kappa shape index (κ1) is 26.8. The molecule has 0 spiro atoms. The molecule has 0 atom stereocenters. The Hall–Kier alpha value is -5.56. The first-order valence-electron chi connectivity index (χ1n) is 14.9. The summed E-state index contributed by atoms with van der Waals surface area (Å²) in [5.74, 6) is -0.287. The second-order valence-electron chi connectivity index (χ2n) is 11.2. The second kappa shape index (κ2) is 10.5. The van der Waals surface area contributed by atoms with E-state index < -0.39 is 0 Å². The van der Waals surface area contributed by atoms with E-state index in [1.54, 1.807) is 34.8 Å². The van der Waals surface area contributed by atoms with Gasteiger partial charge < -0.3 is 0 Å². The zero-order valence-electron chi connectivity index (χ0n) is 24.2. The Kier molecular flexibility index (Phi) is 6.13. The molecule has 0 amide bonds. The fourth-order valence-electron chi connectivity index (χ4n) is 6.30. The van der Waals surface area contributed by atoms with Crippen molar-refractivity contribution in [3.8, 4) is 43.4 Å². The maximum Gasteiger partial charge on any atom is 0.194 e. The van der Waals surface area contributed by atoms with Gasteiger partial charge in [-0.25, -0.2) is 9.97 Å². The molecule has 0 saturated carbocycles. The van der Waals surface area contributed by atoms with Gasteiger partial charge >= 0.3 is 0 Å². The highest BCUT2D eigenvalue weighted by molar-refractivity contribution is 7.22. The Morgan fingerprint density at radius 2 is 0.761 bits per heavy atom. The third kappa shape index (κ3) is 4.26. The van der Waals surface area contributed by atoms with Crippen molar-refractivity contribution >= 4 is 54.7 Å². The van der Waals surface area contributed by atoms with E-state index >= 15 is 0 Å². The molecule has 0 bridgehead atoms. The normalized spacial score (nSPS) is 12.4. The molecule has 1 aliphatic carbocycles. The maximum absolute atomic E-state index is 14.0. The first-order valence-corrected chi connectivity index (χ1v) is 16.5. The molecule has 6 heteroatoms. The molecule has 46 heavy (non-hydrogen) atoms. The molecule has 0 saturated heterocycles. The summed E-state index contributed by atoms with van der Waals surface area (Å²) >= 11 is 3.29. The fourth-order valence-corrected chi connectivity index (χ4v) is 8.31. The number of carbonyl (C=O) groups excluding carboxylic acids is 2. The number of ketones is 2. The summed E-state index contributed by atoms with van der Waals surface area (Å²) in [5.41, 5.74) is 9.31. The lowest BCUT2D eigenvalue weighted by Gasteiger charge is -2.20. The van der Waals surface area contributed by atoms with Crippen LogP contribution in [0.25, 0.3) is 63.8 Å². The van der Waals surface area contributed by atoms with E-state index in [0.717, 1.165) is 63.8 Å². The molecule has 0 N–H and O–H groups in total. The molecule has 0 aliphatic heterocycles. The van der Waals surface area contributed by atoms with Gasteiger partial charge in [-0.1, -0.05) is 84.9 Å². The van der Waals surface area contributed by atoms with Gasteiger partial charge in [-0.05, 0) is 70.8 Å². The molecule has 1 aliphatic rings. The van der Waals surface area contributed by atoms with Crippen molar-refractivity contribution in [1.82, 2.24) is 9.97 Å². The van der Waals surface area contributed by atoms with E-state index in [2.05, 4.69) is 24.3 Å². The highest BCUT2D eigenvalue weighted by Gasteiger charge is 2.31. The van der Waals surface area contributed by atoms with Crippen molar-refractivity contribution in [2.75, 3.05) is 0 Å². The van der Waals surface area contributed by atoms with Crippen LogP contribution in [0.5, 0.6) is 0 Å². The van der Waals surface area contributed by atoms with E-state index in [1.165, 1.54) is 0 Å². The number of nitrogens with zero attached hydrogens (tertiary/aromatic N) is 2. The summed E-state index contributed by atoms with van der Waals surface area (Å²) in [4.78, 5) is 37.7. The van der Waals surface area contributed by atoms with E-state index in [9.17, 15) is 9.59 Å². The third-order valence-electron chi connectivity index (χ3n) is 8.54. The number of rotatable bonds is 4. The quantitative estimate of drug-likeness (QED) is 0.195. The summed E-state index contributed by atoms with van der Waals surface area (Å²) in [6.07, 6.45) is 0. The zero-order valence-corrected chi connectivity index (χ0v) is 25.9. The Morgan fingerprint density at radius 1 is 0.370 bits per heavy atom. The van der Waals surface area contributed by atoms with Gasteiger partial charge in [0.05, 0.1) is 20.4 Å². The summed E-state index contributed by atoms with van der Waals surface area (Å²) in [6, 6.07) is 43.6. The molecule has 2 aromatic heterocycles. The number of benzene rings is 6. The summed E-state index contributed by atoms with van der Waals surface area (Å²) < 4.78 is 2.24. The van der Waals surface area contributed by atoms with E-state index in [1.807, 2.05) is 97.1 Å². The first-order chi connectivity index (χ1) is 22.6. The highest BCUT2D eigenvalue weighted by Crippen LogP contribution is 2.41. The van der Waals surface area contributed by atoms with Crippen LogP contribution in [0.2, 0.25) is 0 Å². The van der Waals surface area contributed by atoms with Gasteiger partial charge in [0.2, 0.25) is 0 Å². The Bertz CT molecular complexity index is 2300. The van der Waals surface area contributed by atoms with E-state index in [0.29, 0.717) is 22.3 Å². The van der Waals surface area contributed by atoms with Gasteiger partial charge in [-0.2, -0.15) is 0 Å². The van der Waals surface area contributed by atoms with Crippen LogP contribution in [0.3, 0.4) is 0 Å². The molecular formula is C40H22N2O2S2. The van der Waals surface area contributed by atoms with Gasteiger partial charge in [-0.15, -0.1) is 22.7 Å². The predicted molar refractivity (Wildman–Crippen MR) is 188 cm³/mol. The standard InChI is InChI=1S/C40H22N2O2S2/c43-37-28-20-18-24(26-10-2-4-12-30(26)40-42-34-14-6-8-16-36(34)46-40)22-32(28)38(44)27-19-17-23(21-31(27)37)25-9-1-3-11-29(25)39-41-33-13-5-7-15-35(33)45-39/h1-22H. The van der Waals surface area contributed by atoms with Gasteiger partial charge in [0.15, 0.2) is 11.6 Å². The zero-order chi connectivity index (χ0) is 30.8. The van der Waals surface area contributed by atoms with Crippen LogP contribution in [0.4, 0.5) is 0 Å². The van der Waals surface area contributed by atoms with Crippen molar-refractivity contribution in [3.05, 3.63) is 156 Å². The molecule has 9 rings (SSSR count). The molecule has 0 radical (unpaired) electrons. The molecule has 0 unspecified atom stereocenters. The topological polar surface area (TPSA) is 59.9 Å². The third-order valence-corrected chi connectivity index (χ3v) is 10.7. The minimum absolute atomic E-state index is 0.144.